The number of sulfonamides is 1. The van der Waals surface area contributed by atoms with Crippen LogP contribution in [-0.4, -0.2) is 53.3 Å². The Bertz CT molecular complexity index is 1260. The quantitative estimate of drug-likeness (QED) is 0.412. The molecule has 0 unspecified atom stereocenters. The van der Waals surface area contributed by atoms with Crippen molar-refractivity contribution in [3.05, 3.63) is 101 Å². The fourth-order valence-electron chi connectivity index (χ4n) is 3.53. The maximum Gasteiger partial charge on any atom is 0.242 e. The van der Waals surface area contributed by atoms with Crippen LogP contribution in [0, 0.1) is 0 Å². The third-order valence-electron chi connectivity index (χ3n) is 5.63. The summed E-state index contributed by atoms with van der Waals surface area (Å²) in [4.78, 5) is 31.8. The van der Waals surface area contributed by atoms with Crippen LogP contribution in [0.25, 0.3) is 0 Å². The third kappa shape index (κ3) is 8.15. The summed E-state index contributed by atoms with van der Waals surface area (Å²) in [5, 5.41) is 3.39. The van der Waals surface area contributed by atoms with Crippen LogP contribution in [0.4, 0.5) is 0 Å². The summed E-state index contributed by atoms with van der Waals surface area (Å²) in [6, 6.07) is 18.7. The van der Waals surface area contributed by atoms with Crippen LogP contribution in [0.1, 0.15) is 23.6 Å². The molecule has 2 amide bonds. The Morgan fingerprint density at radius 1 is 0.917 bits per heavy atom. The van der Waals surface area contributed by atoms with Gasteiger partial charge in [0.2, 0.25) is 21.8 Å². The van der Waals surface area contributed by atoms with Crippen LogP contribution < -0.4 is 5.32 Å². The molecule has 1 N–H and O–H groups in total. The van der Waals surface area contributed by atoms with E-state index in [1.54, 1.807) is 80.0 Å². The number of carbonyl (C=O) groups is 2. The summed E-state index contributed by atoms with van der Waals surface area (Å²) in [5.74, 6) is -0.846. The van der Waals surface area contributed by atoms with Crippen molar-refractivity contribution in [2.45, 2.75) is 32.6 Å². The Labute approximate surface area is 217 Å². The number of hydrogen-bond donors (Lipinski definition) is 1. The number of pyridine rings is 1. The van der Waals surface area contributed by atoms with E-state index < -0.39 is 28.5 Å². The van der Waals surface area contributed by atoms with Crippen molar-refractivity contribution in [1.29, 1.82) is 0 Å². The minimum Gasteiger partial charge on any atom is -0.350 e. The normalized spacial score (nSPS) is 12.2. The summed E-state index contributed by atoms with van der Waals surface area (Å²) in [6.07, 6.45) is 4.33. The average molecular weight is 529 g/mol. The molecule has 0 saturated carbocycles. The van der Waals surface area contributed by atoms with Gasteiger partial charge in [0, 0.05) is 37.1 Å². The summed E-state index contributed by atoms with van der Waals surface area (Å²) in [7, 11) is -3.70. The average Bonchev–Trinajstić information content (AvgIpc) is 2.86. The number of hydrogen-bond acceptors (Lipinski definition) is 5. The molecule has 0 bridgehead atoms. The number of rotatable bonds is 11. The molecule has 0 radical (unpaired) electrons. The Morgan fingerprint density at radius 2 is 1.53 bits per heavy atom. The van der Waals surface area contributed by atoms with E-state index in [0.717, 1.165) is 27.3 Å². The zero-order chi connectivity index (χ0) is 26.1. The van der Waals surface area contributed by atoms with Gasteiger partial charge in [0.1, 0.15) is 6.04 Å². The molecule has 3 rings (SSSR count). The lowest BCUT2D eigenvalue weighted by atomic mass is 10.1. The molecule has 8 nitrogen and oxygen atoms in total. The van der Waals surface area contributed by atoms with Crippen molar-refractivity contribution >= 4 is 33.4 Å². The van der Waals surface area contributed by atoms with E-state index in [2.05, 4.69) is 10.3 Å². The molecule has 0 saturated heterocycles. The number of aromatic nitrogens is 1. The molecule has 1 aromatic heterocycles. The van der Waals surface area contributed by atoms with Crippen molar-refractivity contribution in [2.24, 2.45) is 0 Å². The van der Waals surface area contributed by atoms with E-state index >= 15 is 0 Å². The van der Waals surface area contributed by atoms with Gasteiger partial charge in [-0.3, -0.25) is 14.6 Å². The zero-order valence-corrected chi connectivity index (χ0v) is 21.7. The first kappa shape index (κ1) is 27.3. The molecular weight excluding hydrogens is 500 g/mol. The van der Waals surface area contributed by atoms with Crippen molar-refractivity contribution in [3.8, 4) is 0 Å². The fourth-order valence-corrected chi connectivity index (χ4v) is 4.38. The van der Waals surface area contributed by atoms with E-state index in [4.69, 9.17) is 11.6 Å². The van der Waals surface area contributed by atoms with Gasteiger partial charge < -0.3 is 10.2 Å². The van der Waals surface area contributed by atoms with Gasteiger partial charge in [-0.1, -0.05) is 54.1 Å². The Kier molecular flexibility index (Phi) is 9.58. The molecule has 0 aliphatic heterocycles. The lowest BCUT2D eigenvalue weighted by molar-refractivity contribution is -0.140. The Morgan fingerprint density at radius 3 is 2.14 bits per heavy atom. The largest absolute Gasteiger partial charge is 0.350 e. The smallest absolute Gasteiger partial charge is 0.242 e. The Balaban J connectivity index is 1.80. The molecule has 1 atom stereocenters. The molecule has 0 aliphatic carbocycles. The van der Waals surface area contributed by atoms with Crippen molar-refractivity contribution in [3.63, 3.8) is 0 Å². The summed E-state index contributed by atoms with van der Waals surface area (Å²) >= 11 is 6.00. The highest BCUT2D eigenvalue weighted by molar-refractivity contribution is 7.88. The second-order valence-corrected chi connectivity index (χ2v) is 10.8. The van der Waals surface area contributed by atoms with E-state index in [9.17, 15) is 18.0 Å². The summed E-state index contributed by atoms with van der Waals surface area (Å²) < 4.78 is 26.1. The first-order valence-electron chi connectivity index (χ1n) is 11.3. The first-order chi connectivity index (χ1) is 17.1. The number of carbonyl (C=O) groups excluding carboxylic acids is 2. The molecule has 2 aromatic carbocycles. The topological polar surface area (TPSA) is 99.7 Å². The second-order valence-electron chi connectivity index (χ2n) is 8.41. The first-order valence-corrected chi connectivity index (χ1v) is 13.6. The summed E-state index contributed by atoms with van der Waals surface area (Å²) in [5.41, 5.74) is 2.38. The van der Waals surface area contributed by atoms with Gasteiger partial charge in [-0.05, 0) is 47.9 Å². The lowest BCUT2D eigenvalue weighted by Crippen LogP contribution is -2.50. The van der Waals surface area contributed by atoms with Crippen LogP contribution in [0.15, 0.2) is 79.1 Å². The fraction of sp³-hybridized carbons (Fsp3) is 0.269. The SMILES string of the molecule is C[C@@H](C(=O)NCc1ccncc1)N(Cc1ccc(Cl)cc1)C(=O)CN(Cc1ccccc1)S(C)(=O)=O. The van der Waals surface area contributed by atoms with Crippen LogP contribution in [0.2, 0.25) is 5.02 Å². The van der Waals surface area contributed by atoms with Crippen LogP contribution in [0.5, 0.6) is 0 Å². The standard InChI is InChI=1S/C26H29ClN4O4S/c1-20(26(33)29-16-21-12-14-28-15-13-21)31(18-23-8-10-24(27)11-9-23)25(32)19-30(36(2,34)35)17-22-6-4-3-5-7-22/h3-15,20H,16-19H2,1-2H3,(H,29,33)/t20-/m0/s1. The van der Waals surface area contributed by atoms with E-state index in [1.807, 2.05) is 6.07 Å². The highest BCUT2D eigenvalue weighted by Gasteiger charge is 2.29. The summed E-state index contributed by atoms with van der Waals surface area (Å²) in [6.45, 7) is 1.66. The van der Waals surface area contributed by atoms with E-state index in [-0.39, 0.29) is 25.5 Å². The third-order valence-corrected chi connectivity index (χ3v) is 7.08. The second kappa shape index (κ2) is 12.6. The highest BCUT2D eigenvalue weighted by atomic mass is 35.5. The minimum atomic E-state index is -3.70. The Hall–Kier alpha value is -3.27. The maximum atomic E-state index is 13.5. The van der Waals surface area contributed by atoms with E-state index in [0.29, 0.717) is 5.02 Å². The number of halogens is 1. The molecule has 3 aromatic rings. The van der Waals surface area contributed by atoms with Gasteiger partial charge >= 0.3 is 0 Å². The van der Waals surface area contributed by atoms with Gasteiger partial charge in [0.05, 0.1) is 12.8 Å². The molecule has 36 heavy (non-hydrogen) atoms. The van der Waals surface area contributed by atoms with Gasteiger partial charge in [-0.2, -0.15) is 4.31 Å². The van der Waals surface area contributed by atoms with Crippen molar-refractivity contribution < 1.29 is 18.0 Å². The highest BCUT2D eigenvalue weighted by Crippen LogP contribution is 2.16. The zero-order valence-electron chi connectivity index (χ0n) is 20.2. The number of nitrogens with zero attached hydrogens (tertiary/aromatic N) is 3. The van der Waals surface area contributed by atoms with Gasteiger partial charge in [0.25, 0.3) is 0 Å². The predicted octanol–water partition coefficient (Wildman–Crippen LogP) is 3.23. The molecule has 190 valence electrons. The van der Waals surface area contributed by atoms with Crippen LogP contribution >= 0.6 is 11.6 Å². The molecule has 1 heterocycles. The number of nitrogens with one attached hydrogen (secondary N) is 1. The molecule has 10 heteroatoms. The van der Waals surface area contributed by atoms with Crippen LogP contribution in [-0.2, 0) is 39.2 Å². The van der Waals surface area contributed by atoms with Crippen molar-refractivity contribution in [2.75, 3.05) is 12.8 Å². The predicted molar refractivity (Wildman–Crippen MR) is 139 cm³/mol. The molecule has 0 spiro atoms. The lowest BCUT2D eigenvalue weighted by Gasteiger charge is -2.31. The molecular formula is C26H29ClN4O4S. The molecule has 0 aliphatic rings. The monoisotopic (exact) mass is 528 g/mol. The van der Waals surface area contributed by atoms with Crippen molar-refractivity contribution in [1.82, 2.24) is 19.5 Å². The number of benzene rings is 2. The van der Waals surface area contributed by atoms with Crippen LogP contribution in [0.3, 0.4) is 0 Å². The van der Waals surface area contributed by atoms with Gasteiger partial charge in [0.15, 0.2) is 0 Å². The van der Waals surface area contributed by atoms with E-state index in [1.165, 1.54) is 4.90 Å². The number of amides is 2. The maximum absolute atomic E-state index is 13.5. The van der Waals surface area contributed by atoms with Gasteiger partial charge in [-0.15, -0.1) is 0 Å². The molecule has 0 fully saturated rings. The van der Waals surface area contributed by atoms with Gasteiger partial charge in [-0.25, -0.2) is 8.42 Å². The minimum absolute atomic E-state index is 0.0445.